The molecule has 0 heterocycles. The van der Waals surface area contributed by atoms with Crippen LogP contribution in [0.3, 0.4) is 0 Å². The summed E-state index contributed by atoms with van der Waals surface area (Å²) >= 11 is 0. The lowest BCUT2D eigenvalue weighted by atomic mass is 9.88. The van der Waals surface area contributed by atoms with Crippen molar-refractivity contribution < 1.29 is 15.3 Å². The Morgan fingerprint density at radius 3 is 2.40 bits per heavy atom. The molecule has 0 aliphatic heterocycles. The monoisotopic (exact) mass is 270 g/mol. The molecule has 1 aliphatic rings. The third kappa shape index (κ3) is 2.04. The van der Waals surface area contributed by atoms with Gasteiger partial charge in [0.05, 0.1) is 5.92 Å². The van der Waals surface area contributed by atoms with Crippen LogP contribution in [0.15, 0.2) is 42.5 Å². The molecule has 2 aromatic carbocycles. The van der Waals surface area contributed by atoms with Gasteiger partial charge in [0.25, 0.3) is 5.97 Å². The minimum atomic E-state index is -2.68. The van der Waals surface area contributed by atoms with E-state index in [0.29, 0.717) is 6.42 Å². The van der Waals surface area contributed by atoms with E-state index < -0.39 is 11.9 Å². The van der Waals surface area contributed by atoms with Gasteiger partial charge >= 0.3 is 0 Å². The zero-order chi connectivity index (χ0) is 14.3. The molecular formula is C17H18O3. The summed E-state index contributed by atoms with van der Waals surface area (Å²) in [6.45, 7) is 1.84. The van der Waals surface area contributed by atoms with Crippen LogP contribution in [0.4, 0.5) is 0 Å². The van der Waals surface area contributed by atoms with Crippen LogP contribution in [-0.2, 0) is 6.42 Å². The molecule has 1 atom stereocenters. The fraction of sp³-hybridized carbons (Fsp3) is 0.294. The molecule has 3 rings (SSSR count). The molecule has 3 heteroatoms. The highest BCUT2D eigenvalue weighted by molar-refractivity contribution is 5.78. The van der Waals surface area contributed by atoms with Crippen molar-refractivity contribution in [2.45, 2.75) is 31.7 Å². The third-order valence-corrected chi connectivity index (χ3v) is 4.14. The van der Waals surface area contributed by atoms with Crippen LogP contribution in [0, 0.1) is 0 Å². The molecule has 1 aliphatic carbocycles. The highest BCUT2D eigenvalue weighted by Gasteiger charge is 2.35. The van der Waals surface area contributed by atoms with Crippen LogP contribution in [-0.4, -0.2) is 21.3 Å². The summed E-state index contributed by atoms with van der Waals surface area (Å²) < 4.78 is 0. The number of hydrogen-bond acceptors (Lipinski definition) is 3. The molecule has 3 N–H and O–H groups in total. The lowest BCUT2D eigenvalue weighted by Gasteiger charge is -2.27. The number of hydrogen-bond donors (Lipinski definition) is 3. The van der Waals surface area contributed by atoms with Gasteiger partial charge in [-0.05, 0) is 40.7 Å². The van der Waals surface area contributed by atoms with E-state index >= 15 is 0 Å². The average molecular weight is 270 g/mol. The summed E-state index contributed by atoms with van der Waals surface area (Å²) in [6, 6.07) is 14.0. The number of fused-ring (bicyclic) bond motifs is 3. The van der Waals surface area contributed by atoms with Crippen LogP contribution < -0.4 is 0 Å². The summed E-state index contributed by atoms with van der Waals surface area (Å²) in [6.07, 6.45) is 1.23. The number of aliphatic hydroxyl groups is 3. The van der Waals surface area contributed by atoms with Crippen LogP contribution in [0.5, 0.6) is 0 Å². The first kappa shape index (κ1) is 13.3. The highest BCUT2D eigenvalue weighted by atomic mass is 16.7. The van der Waals surface area contributed by atoms with E-state index in [1.807, 2.05) is 37.3 Å². The first-order valence-electron chi connectivity index (χ1n) is 6.89. The zero-order valence-corrected chi connectivity index (χ0v) is 11.4. The van der Waals surface area contributed by atoms with Gasteiger partial charge in [-0.25, -0.2) is 0 Å². The van der Waals surface area contributed by atoms with E-state index in [-0.39, 0.29) is 0 Å². The lowest BCUT2D eigenvalue weighted by molar-refractivity contribution is -0.325. The van der Waals surface area contributed by atoms with E-state index in [9.17, 15) is 15.3 Å². The Kier molecular flexibility index (Phi) is 3.13. The molecule has 0 spiro atoms. The third-order valence-electron chi connectivity index (χ3n) is 4.14. The van der Waals surface area contributed by atoms with Gasteiger partial charge < -0.3 is 15.3 Å². The minimum absolute atomic E-state index is 0.455. The van der Waals surface area contributed by atoms with E-state index in [1.165, 1.54) is 11.1 Å². The van der Waals surface area contributed by atoms with Crippen molar-refractivity contribution in [3.63, 3.8) is 0 Å². The van der Waals surface area contributed by atoms with Crippen molar-refractivity contribution >= 4 is 0 Å². The number of benzene rings is 2. The van der Waals surface area contributed by atoms with Gasteiger partial charge in [-0.15, -0.1) is 0 Å². The zero-order valence-electron chi connectivity index (χ0n) is 11.4. The maximum Gasteiger partial charge on any atom is 0.282 e. The fourth-order valence-corrected chi connectivity index (χ4v) is 3.21. The molecule has 0 aromatic heterocycles. The summed E-state index contributed by atoms with van der Waals surface area (Å²) in [5.41, 5.74) is 5.46. The first-order valence-corrected chi connectivity index (χ1v) is 6.89. The predicted molar refractivity (Wildman–Crippen MR) is 77.1 cm³/mol. The van der Waals surface area contributed by atoms with Gasteiger partial charge in [-0.2, -0.15) is 0 Å². The van der Waals surface area contributed by atoms with E-state index in [4.69, 9.17) is 0 Å². The molecule has 0 fully saturated rings. The van der Waals surface area contributed by atoms with E-state index in [2.05, 4.69) is 12.1 Å². The van der Waals surface area contributed by atoms with Gasteiger partial charge in [0.2, 0.25) is 0 Å². The maximum atomic E-state index is 9.59. The van der Waals surface area contributed by atoms with Gasteiger partial charge in [0, 0.05) is 0 Å². The summed E-state index contributed by atoms with van der Waals surface area (Å²) in [7, 11) is 0. The van der Waals surface area contributed by atoms with E-state index in [0.717, 1.165) is 23.1 Å². The Hall–Kier alpha value is -1.68. The molecule has 0 saturated carbocycles. The maximum absolute atomic E-state index is 9.59. The summed E-state index contributed by atoms with van der Waals surface area (Å²) in [4.78, 5) is 0. The van der Waals surface area contributed by atoms with Crippen molar-refractivity contribution in [3.8, 4) is 11.1 Å². The van der Waals surface area contributed by atoms with Gasteiger partial charge in [-0.3, -0.25) is 0 Å². The Bertz CT molecular complexity index is 641. The SMILES string of the molecule is CCC(c1cccc2c1Cc1ccccc1-2)C(O)(O)O. The molecule has 0 bridgehead atoms. The second kappa shape index (κ2) is 4.70. The van der Waals surface area contributed by atoms with Gasteiger partial charge in [0.15, 0.2) is 0 Å². The van der Waals surface area contributed by atoms with Gasteiger partial charge in [0.1, 0.15) is 0 Å². The van der Waals surface area contributed by atoms with Crippen molar-refractivity contribution in [1.29, 1.82) is 0 Å². The van der Waals surface area contributed by atoms with Crippen LogP contribution in [0.25, 0.3) is 11.1 Å². The van der Waals surface area contributed by atoms with Crippen LogP contribution >= 0.6 is 0 Å². The first-order chi connectivity index (χ1) is 9.52. The molecule has 0 amide bonds. The summed E-state index contributed by atoms with van der Waals surface area (Å²) in [5.74, 6) is -3.38. The molecule has 0 saturated heterocycles. The Morgan fingerprint density at radius 2 is 1.70 bits per heavy atom. The predicted octanol–water partition coefficient (Wildman–Crippen LogP) is 2.38. The molecule has 0 radical (unpaired) electrons. The number of rotatable bonds is 3. The molecule has 1 unspecified atom stereocenters. The second-order valence-electron chi connectivity index (χ2n) is 5.36. The highest BCUT2D eigenvalue weighted by Crippen LogP contribution is 2.42. The van der Waals surface area contributed by atoms with E-state index in [1.54, 1.807) is 0 Å². The van der Waals surface area contributed by atoms with Crippen LogP contribution in [0.1, 0.15) is 36.0 Å². The van der Waals surface area contributed by atoms with Crippen molar-refractivity contribution in [2.24, 2.45) is 0 Å². The lowest BCUT2D eigenvalue weighted by Crippen LogP contribution is -2.35. The Morgan fingerprint density at radius 1 is 1.00 bits per heavy atom. The average Bonchev–Trinajstić information content (AvgIpc) is 2.77. The molecule has 2 aromatic rings. The molecular weight excluding hydrogens is 252 g/mol. The normalized spacial score (nSPS) is 14.8. The van der Waals surface area contributed by atoms with Crippen molar-refractivity contribution in [2.75, 3.05) is 0 Å². The minimum Gasteiger partial charge on any atom is -0.343 e. The van der Waals surface area contributed by atoms with Crippen LogP contribution in [0.2, 0.25) is 0 Å². The molecule has 20 heavy (non-hydrogen) atoms. The topological polar surface area (TPSA) is 60.7 Å². The van der Waals surface area contributed by atoms with Gasteiger partial charge in [-0.1, -0.05) is 49.4 Å². The summed E-state index contributed by atoms with van der Waals surface area (Å²) in [5, 5.41) is 28.8. The Balaban J connectivity index is 2.14. The fourth-order valence-electron chi connectivity index (χ4n) is 3.21. The second-order valence-corrected chi connectivity index (χ2v) is 5.36. The van der Waals surface area contributed by atoms with Crippen molar-refractivity contribution in [3.05, 3.63) is 59.2 Å². The smallest absolute Gasteiger partial charge is 0.282 e. The Labute approximate surface area is 118 Å². The quantitative estimate of drug-likeness (QED) is 0.640. The standard InChI is InChI=1S/C17H18O3/c1-2-16(17(18,19)20)14-9-5-8-13-12-7-4-3-6-11(12)10-15(13)14/h3-9,16,18-20H,2,10H2,1H3. The van der Waals surface area contributed by atoms with Crippen molar-refractivity contribution in [1.82, 2.24) is 0 Å². The molecule has 3 nitrogen and oxygen atoms in total. The molecule has 104 valence electrons. The largest absolute Gasteiger partial charge is 0.343 e.